The van der Waals surface area contributed by atoms with Gasteiger partial charge in [0.15, 0.2) is 5.82 Å². The molecule has 1 aromatic heterocycles. The molecule has 9 heteroatoms. The summed E-state index contributed by atoms with van der Waals surface area (Å²) in [6.45, 7) is 7.89. The quantitative estimate of drug-likeness (QED) is 0.243. The predicted molar refractivity (Wildman–Crippen MR) is 155 cm³/mol. The molecule has 5 rings (SSSR count). The lowest BCUT2D eigenvalue weighted by Gasteiger charge is -2.23. The van der Waals surface area contributed by atoms with Gasteiger partial charge in [0.05, 0.1) is 11.2 Å². The van der Waals surface area contributed by atoms with Gasteiger partial charge in [0, 0.05) is 54.7 Å². The number of carbonyl (C=O) groups is 1. The molecule has 0 aliphatic heterocycles. The first-order valence-corrected chi connectivity index (χ1v) is 14.0. The van der Waals surface area contributed by atoms with E-state index in [9.17, 15) is 14.7 Å². The molecule has 4 N–H and O–H groups in total. The van der Waals surface area contributed by atoms with E-state index in [0.29, 0.717) is 30.9 Å². The smallest absolute Gasteiger partial charge is 0.297 e. The summed E-state index contributed by atoms with van der Waals surface area (Å²) in [6.07, 6.45) is 6.97. The van der Waals surface area contributed by atoms with E-state index in [1.54, 1.807) is 29.1 Å². The van der Waals surface area contributed by atoms with Crippen molar-refractivity contribution in [3.8, 4) is 11.4 Å². The Kier molecular flexibility index (Phi) is 7.96. The van der Waals surface area contributed by atoms with Gasteiger partial charge in [-0.3, -0.25) is 14.2 Å². The second-order valence-corrected chi connectivity index (χ2v) is 11.8. The average molecular weight is 546 g/mol. The van der Waals surface area contributed by atoms with Gasteiger partial charge in [0.25, 0.3) is 11.5 Å². The van der Waals surface area contributed by atoms with Crippen LogP contribution < -0.4 is 26.2 Å². The van der Waals surface area contributed by atoms with Crippen LogP contribution in [0.15, 0.2) is 59.7 Å². The fourth-order valence-electron chi connectivity index (χ4n) is 4.71. The van der Waals surface area contributed by atoms with Crippen LogP contribution in [0.4, 0.5) is 5.82 Å². The zero-order valence-electron chi connectivity index (χ0n) is 23.5. The number of aliphatic hydroxyl groups is 1. The minimum atomic E-state index is -0.435. The molecular weight excluding hydrogens is 506 g/mol. The van der Waals surface area contributed by atoms with Crippen molar-refractivity contribution < 1.29 is 14.6 Å². The van der Waals surface area contributed by atoms with Crippen LogP contribution in [0.2, 0.25) is 0 Å². The molecule has 1 heterocycles. The first-order chi connectivity index (χ1) is 19.2. The van der Waals surface area contributed by atoms with E-state index in [1.165, 1.54) is 0 Å². The van der Waals surface area contributed by atoms with Crippen LogP contribution in [0.25, 0.3) is 5.69 Å². The van der Waals surface area contributed by atoms with Crippen LogP contribution in [-0.2, 0) is 5.54 Å². The molecule has 2 fully saturated rings. The minimum Gasteiger partial charge on any atom is -0.492 e. The van der Waals surface area contributed by atoms with E-state index in [1.807, 2.05) is 51.1 Å². The third-order valence-corrected chi connectivity index (χ3v) is 7.56. The maximum Gasteiger partial charge on any atom is 0.297 e. The van der Waals surface area contributed by atoms with Gasteiger partial charge in [-0.1, -0.05) is 38.1 Å². The number of aryl methyl sites for hydroxylation is 1. The van der Waals surface area contributed by atoms with Crippen molar-refractivity contribution in [3.05, 3.63) is 81.9 Å². The van der Waals surface area contributed by atoms with Crippen molar-refractivity contribution in [3.63, 3.8) is 0 Å². The highest BCUT2D eigenvalue weighted by Crippen LogP contribution is 2.50. The number of para-hydroxylation sites is 1. The number of amides is 1. The summed E-state index contributed by atoms with van der Waals surface area (Å²) in [5.74, 6) is 0.914. The summed E-state index contributed by atoms with van der Waals surface area (Å²) in [4.78, 5) is 30.7. The molecule has 1 amide bonds. The van der Waals surface area contributed by atoms with Crippen LogP contribution in [0.1, 0.15) is 61.0 Å². The Morgan fingerprint density at radius 2 is 1.98 bits per heavy atom. The van der Waals surface area contributed by atoms with E-state index in [4.69, 9.17) is 4.74 Å². The Hall–Kier alpha value is -3.69. The second kappa shape index (κ2) is 11.4. The molecule has 212 valence electrons. The van der Waals surface area contributed by atoms with Crippen molar-refractivity contribution in [2.24, 2.45) is 5.41 Å². The number of hydrogen-bond acceptors (Lipinski definition) is 7. The number of nitrogens with zero attached hydrogens (tertiary/aromatic N) is 2. The van der Waals surface area contributed by atoms with Gasteiger partial charge >= 0.3 is 0 Å². The van der Waals surface area contributed by atoms with Crippen LogP contribution in [0.3, 0.4) is 0 Å². The van der Waals surface area contributed by atoms with Gasteiger partial charge in [-0.15, -0.1) is 0 Å². The zero-order valence-corrected chi connectivity index (χ0v) is 23.5. The van der Waals surface area contributed by atoms with Crippen molar-refractivity contribution >= 4 is 11.7 Å². The number of aromatic nitrogens is 2. The summed E-state index contributed by atoms with van der Waals surface area (Å²) in [7, 11) is 0. The van der Waals surface area contributed by atoms with Crippen molar-refractivity contribution in [1.29, 1.82) is 0 Å². The Balaban J connectivity index is 1.32. The van der Waals surface area contributed by atoms with Crippen molar-refractivity contribution in [1.82, 2.24) is 20.2 Å². The van der Waals surface area contributed by atoms with Crippen LogP contribution >= 0.6 is 0 Å². The van der Waals surface area contributed by atoms with Crippen LogP contribution in [0.5, 0.6) is 5.75 Å². The lowest BCUT2D eigenvalue weighted by atomic mass is 9.95. The second-order valence-electron chi connectivity index (χ2n) is 11.8. The molecule has 3 aromatic rings. The fourth-order valence-corrected chi connectivity index (χ4v) is 4.71. The zero-order chi connectivity index (χ0) is 28.3. The van der Waals surface area contributed by atoms with Gasteiger partial charge in [-0.2, -0.15) is 0 Å². The van der Waals surface area contributed by atoms with Gasteiger partial charge in [0.1, 0.15) is 12.4 Å². The monoisotopic (exact) mass is 545 g/mol. The number of rotatable bonds is 13. The predicted octanol–water partition coefficient (Wildman–Crippen LogP) is 3.52. The van der Waals surface area contributed by atoms with E-state index >= 15 is 0 Å². The summed E-state index contributed by atoms with van der Waals surface area (Å²) in [5.41, 5.74) is 2.18. The molecule has 0 saturated heterocycles. The standard InChI is InChI=1S/C31H39N5O4/c1-21-8-9-22(28(38)34-23-10-11-23)18-25(21)36-16-14-33-27(29(36)39)35-31(12-13-31)24-6-4-5-7-26(24)40-17-15-32-19-30(2,3)20-37/h4-9,14,16,18,23,32,37H,10-13,15,17,19-20H2,1-3H3,(H,33,35)(H,34,38). The Labute approximate surface area is 235 Å². The summed E-state index contributed by atoms with van der Waals surface area (Å²) >= 11 is 0. The number of carbonyl (C=O) groups excluding carboxylic acids is 1. The highest BCUT2D eigenvalue weighted by atomic mass is 16.5. The Morgan fingerprint density at radius 3 is 2.70 bits per heavy atom. The number of aliphatic hydroxyl groups excluding tert-OH is 1. The first-order valence-electron chi connectivity index (χ1n) is 14.0. The lowest BCUT2D eigenvalue weighted by Crippen LogP contribution is -2.34. The Morgan fingerprint density at radius 1 is 1.20 bits per heavy atom. The van der Waals surface area contributed by atoms with Gasteiger partial charge in [0.2, 0.25) is 0 Å². The topological polar surface area (TPSA) is 118 Å². The van der Waals surface area contributed by atoms with E-state index in [0.717, 1.165) is 42.6 Å². The number of anilines is 1. The molecular formula is C31H39N5O4. The normalized spacial score (nSPS) is 15.9. The summed E-state index contributed by atoms with van der Waals surface area (Å²) < 4.78 is 7.70. The third kappa shape index (κ3) is 6.37. The molecule has 9 nitrogen and oxygen atoms in total. The minimum absolute atomic E-state index is 0.119. The molecule has 0 spiro atoms. The van der Waals surface area contributed by atoms with Crippen molar-refractivity contribution in [2.75, 3.05) is 31.6 Å². The van der Waals surface area contributed by atoms with Crippen LogP contribution in [-0.4, -0.2) is 52.9 Å². The highest BCUT2D eigenvalue weighted by Gasteiger charge is 2.47. The first kappa shape index (κ1) is 27.9. The number of nitrogens with one attached hydrogen (secondary N) is 3. The van der Waals surface area contributed by atoms with Gasteiger partial charge in [-0.25, -0.2) is 4.98 Å². The van der Waals surface area contributed by atoms with Crippen molar-refractivity contribution in [2.45, 2.75) is 58.0 Å². The van der Waals surface area contributed by atoms with Gasteiger partial charge < -0.3 is 25.8 Å². The van der Waals surface area contributed by atoms with E-state index < -0.39 is 5.54 Å². The van der Waals surface area contributed by atoms with Crippen LogP contribution in [0, 0.1) is 12.3 Å². The molecule has 2 aliphatic rings. The maximum absolute atomic E-state index is 13.6. The summed E-state index contributed by atoms with van der Waals surface area (Å²) in [6, 6.07) is 13.6. The van der Waals surface area contributed by atoms with E-state index in [-0.39, 0.29) is 35.3 Å². The molecule has 0 radical (unpaired) electrons. The average Bonchev–Trinajstić information content (AvgIpc) is 3.88. The Bertz CT molecular complexity index is 1430. The largest absolute Gasteiger partial charge is 0.492 e. The number of ether oxygens (including phenoxy) is 1. The lowest BCUT2D eigenvalue weighted by molar-refractivity contribution is 0.0951. The number of hydrogen-bond donors (Lipinski definition) is 4. The molecule has 2 saturated carbocycles. The molecule has 0 bridgehead atoms. The molecule has 40 heavy (non-hydrogen) atoms. The maximum atomic E-state index is 13.6. The highest BCUT2D eigenvalue weighted by molar-refractivity contribution is 5.95. The molecule has 2 aliphatic carbocycles. The summed E-state index contributed by atoms with van der Waals surface area (Å²) in [5, 5.41) is 19.2. The van der Waals surface area contributed by atoms with E-state index in [2.05, 4.69) is 20.9 Å². The number of benzene rings is 2. The molecule has 2 aromatic carbocycles. The molecule has 0 unspecified atom stereocenters. The SMILES string of the molecule is Cc1ccc(C(=O)NC2CC2)cc1-n1ccnc(NC2(c3ccccc3OCCNCC(C)(C)CO)CC2)c1=O. The fraction of sp³-hybridized carbons (Fsp3) is 0.452. The molecule has 0 atom stereocenters. The third-order valence-electron chi connectivity index (χ3n) is 7.56. The van der Waals surface area contributed by atoms with Gasteiger partial charge in [-0.05, 0) is 56.4 Å².